The number of rotatable bonds is 4. The minimum atomic E-state index is -0.187. The Morgan fingerprint density at radius 3 is 3.00 bits per heavy atom. The Hall–Kier alpha value is -1.40. The van der Waals surface area contributed by atoms with E-state index in [1.54, 1.807) is 18.2 Å². The molecule has 0 aliphatic rings. The molecular formula is C11H9BrClN3O2. The fourth-order valence-electron chi connectivity index (χ4n) is 1.33. The minimum absolute atomic E-state index is 0.187. The van der Waals surface area contributed by atoms with Gasteiger partial charge in [-0.1, -0.05) is 16.8 Å². The quantitative estimate of drug-likeness (QED) is 0.935. The molecule has 94 valence electrons. The van der Waals surface area contributed by atoms with Crippen LogP contribution in [0.1, 0.15) is 16.2 Å². The molecule has 0 saturated heterocycles. The summed E-state index contributed by atoms with van der Waals surface area (Å²) >= 11 is 9.18. The van der Waals surface area contributed by atoms with E-state index in [-0.39, 0.29) is 5.91 Å². The highest BCUT2D eigenvalue weighted by atomic mass is 79.9. The summed E-state index contributed by atoms with van der Waals surface area (Å²) in [5.74, 6) is 0.372. The lowest BCUT2D eigenvalue weighted by Gasteiger charge is -2.04. The molecule has 0 aliphatic heterocycles. The molecule has 0 spiro atoms. The number of carbonyl (C=O) groups excluding carboxylic acids is 1. The Labute approximate surface area is 117 Å². The molecule has 1 N–H and O–H groups in total. The third-order valence-corrected chi connectivity index (χ3v) is 3.46. The highest BCUT2D eigenvalue weighted by Gasteiger charge is 2.07. The van der Waals surface area contributed by atoms with Crippen molar-refractivity contribution in [3.63, 3.8) is 0 Å². The Bertz CT molecular complexity index is 545. The predicted molar refractivity (Wildman–Crippen MR) is 69.5 cm³/mol. The number of aromatic nitrogens is 2. The lowest BCUT2D eigenvalue weighted by molar-refractivity contribution is 0.0954. The zero-order valence-electron chi connectivity index (χ0n) is 9.19. The van der Waals surface area contributed by atoms with Crippen LogP contribution in [-0.2, 0) is 6.42 Å². The second-order valence-electron chi connectivity index (χ2n) is 3.48. The van der Waals surface area contributed by atoms with Crippen molar-refractivity contribution in [2.24, 2.45) is 0 Å². The molecule has 0 bridgehead atoms. The van der Waals surface area contributed by atoms with Crippen LogP contribution in [0.25, 0.3) is 0 Å². The van der Waals surface area contributed by atoms with Gasteiger partial charge >= 0.3 is 0 Å². The molecule has 0 radical (unpaired) electrons. The summed E-state index contributed by atoms with van der Waals surface area (Å²) in [4.78, 5) is 15.6. The van der Waals surface area contributed by atoms with E-state index >= 15 is 0 Å². The molecule has 18 heavy (non-hydrogen) atoms. The maximum Gasteiger partial charge on any atom is 0.251 e. The topological polar surface area (TPSA) is 68.0 Å². The molecule has 0 unspecified atom stereocenters. The highest BCUT2D eigenvalue weighted by molar-refractivity contribution is 9.10. The van der Waals surface area contributed by atoms with E-state index in [9.17, 15) is 4.79 Å². The van der Waals surface area contributed by atoms with E-state index < -0.39 is 0 Å². The van der Waals surface area contributed by atoms with Gasteiger partial charge in [0.15, 0.2) is 5.82 Å². The van der Waals surface area contributed by atoms with Gasteiger partial charge < -0.3 is 9.84 Å². The number of amides is 1. The average Bonchev–Trinajstić information content (AvgIpc) is 2.85. The van der Waals surface area contributed by atoms with Gasteiger partial charge in [-0.05, 0) is 34.1 Å². The first-order valence-corrected chi connectivity index (χ1v) is 6.32. The van der Waals surface area contributed by atoms with Crippen LogP contribution >= 0.6 is 27.5 Å². The fraction of sp³-hybridized carbons (Fsp3) is 0.182. The summed E-state index contributed by atoms with van der Waals surface area (Å²) < 4.78 is 5.35. The summed E-state index contributed by atoms with van der Waals surface area (Å²) in [7, 11) is 0. The second kappa shape index (κ2) is 5.97. The first-order chi connectivity index (χ1) is 8.66. The van der Waals surface area contributed by atoms with Crippen molar-refractivity contribution in [3.05, 3.63) is 45.5 Å². The van der Waals surface area contributed by atoms with Crippen molar-refractivity contribution in [3.8, 4) is 0 Å². The van der Waals surface area contributed by atoms with E-state index in [1.165, 1.54) is 6.39 Å². The Balaban J connectivity index is 1.89. The van der Waals surface area contributed by atoms with Crippen molar-refractivity contribution in [2.45, 2.75) is 6.42 Å². The summed E-state index contributed by atoms with van der Waals surface area (Å²) in [6, 6.07) is 5.03. The third-order valence-electron chi connectivity index (χ3n) is 2.22. The highest BCUT2D eigenvalue weighted by Crippen LogP contribution is 2.23. The van der Waals surface area contributed by atoms with Gasteiger partial charge in [-0.25, -0.2) is 0 Å². The fourth-order valence-corrected chi connectivity index (χ4v) is 1.76. The third kappa shape index (κ3) is 3.30. The van der Waals surface area contributed by atoms with Gasteiger partial charge in [-0.2, -0.15) is 4.98 Å². The number of nitrogens with one attached hydrogen (secondary N) is 1. The van der Waals surface area contributed by atoms with Crippen LogP contribution in [-0.4, -0.2) is 22.6 Å². The van der Waals surface area contributed by atoms with Gasteiger partial charge in [0.05, 0.1) is 5.02 Å². The van der Waals surface area contributed by atoms with Crippen LogP contribution in [0.3, 0.4) is 0 Å². The SMILES string of the molecule is O=C(NCCc1ncon1)c1ccc(Br)c(Cl)c1. The monoisotopic (exact) mass is 329 g/mol. The first kappa shape index (κ1) is 13.0. The molecule has 5 nitrogen and oxygen atoms in total. The van der Waals surface area contributed by atoms with Gasteiger partial charge in [-0.15, -0.1) is 0 Å². The smallest absolute Gasteiger partial charge is 0.251 e. The number of hydrogen-bond donors (Lipinski definition) is 1. The molecule has 7 heteroatoms. The Morgan fingerprint density at radius 1 is 1.50 bits per heavy atom. The largest absolute Gasteiger partial charge is 0.352 e. The van der Waals surface area contributed by atoms with E-state index in [1.807, 2.05) is 0 Å². The normalized spacial score (nSPS) is 10.3. The van der Waals surface area contributed by atoms with Crippen molar-refractivity contribution in [1.82, 2.24) is 15.5 Å². The maximum atomic E-state index is 11.8. The second-order valence-corrected chi connectivity index (χ2v) is 4.74. The maximum absolute atomic E-state index is 11.8. The molecule has 1 aromatic carbocycles. The Morgan fingerprint density at radius 2 is 2.33 bits per heavy atom. The molecule has 0 fully saturated rings. The number of carbonyl (C=O) groups is 1. The summed E-state index contributed by atoms with van der Waals surface area (Å²) in [5, 5.41) is 6.90. The molecule has 0 aliphatic carbocycles. The molecule has 1 heterocycles. The van der Waals surface area contributed by atoms with Crippen LogP contribution in [0, 0.1) is 0 Å². The molecule has 2 rings (SSSR count). The van der Waals surface area contributed by atoms with Crippen molar-refractivity contribution in [2.75, 3.05) is 6.54 Å². The van der Waals surface area contributed by atoms with Gasteiger partial charge in [0.25, 0.3) is 5.91 Å². The average molecular weight is 331 g/mol. The van der Waals surface area contributed by atoms with Crippen molar-refractivity contribution >= 4 is 33.4 Å². The van der Waals surface area contributed by atoms with E-state index in [0.29, 0.717) is 29.4 Å². The Kier molecular flexibility index (Phi) is 4.33. The molecular weight excluding hydrogens is 321 g/mol. The number of halogens is 2. The van der Waals surface area contributed by atoms with Gasteiger partial charge in [0.2, 0.25) is 6.39 Å². The van der Waals surface area contributed by atoms with Crippen molar-refractivity contribution < 1.29 is 9.32 Å². The summed E-state index contributed by atoms with van der Waals surface area (Å²) in [6.45, 7) is 0.437. The molecule has 0 saturated carbocycles. The predicted octanol–water partition coefficient (Wildman–Crippen LogP) is 2.46. The van der Waals surface area contributed by atoms with E-state index in [4.69, 9.17) is 11.6 Å². The molecule has 1 aromatic heterocycles. The standard InChI is InChI=1S/C11H9BrClN3O2/c12-8-2-1-7(5-9(8)13)11(17)14-4-3-10-15-6-18-16-10/h1-2,5-6H,3-4H2,(H,14,17). The van der Waals surface area contributed by atoms with E-state index in [0.717, 1.165) is 4.47 Å². The lowest BCUT2D eigenvalue weighted by atomic mass is 10.2. The minimum Gasteiger partial charge on any atom is -0.352 e. The van der Waals surface area contributed by atoms with Crippen LogP contribution < -0.4 is 5.32 Å². The van der Waals surface area contributed by atoms with Gasteiger partial charge in [0, 0.05) is 23.0 Å². The first-order valence-electron chi connectivity index (χ1n) is 5.15. The number of nitrogens with zero attached hydrogens (tertiary/aromatic N) is 2. The molecule has 0 atom stereocenters. The number of benzene rings is 1. The van der Waals surface area contributed by atoms with Crippen LogP contribution in [0.2, 0.25) is 5.02 Å². The van der Waals surface area contributed by atoms with Crippen LogP contribution in [0.5, 0.6) is 0 Å². The lowest BCUT2D eigenvalue weighted by Crippen LogP contribution is -2.25. The van der Waals surface area contributed by atoms with E-state index in [2.05, 4.69) is 35.9 Å². The zero-order valence-corrected chi connectivity index (χ0v) is 11.5. The van der Waals surface area contributed by atoms with Gasteiger partial charge in [-0.3, -0.25) is 4.79 Å². The van der Waals surface area contributed by atoms with Crippen LogP contribution in [0.4, 0.5) is 0 Å². The summed E-state index contributed by atoms with van der Waals surface area (Å²) in [5.41, 5.74) is 0.510. The van der Waals surface area contributed by atoms with Gasteiger partial charge in [0.1, 0.15) is 0 Å². The zero-order chi connectivity index (χ0) is 13.0. The number of hydrogen-bond acceptors (Lipinski definition) is 4. The van der Waals surface area contributed by atoms with Crippen molar-refractivity contribution in [1.29, 1.82) is 0 Å². The molecule has 1 amide bonds. The summed E-state index contributed by atoms with van der Waals surface area (Å²) in [6.07, 6.45) is 1.78. The van der Waals surface area contributed by atoms with Crippen LogP contribution in [0.15, 0.2) is 33.6 Å². The molecule has 2 aromatic rings.